The predicted octanol–water partition coefficient (Wildman–Crippen LogP) is 4.15. The molecule has 0 heterocycles. The summed E-state index contributed by atoms with van der Waals surface area (Å²) in [6.07, 6.45) is -0.909. The van der Waals surface area contributed by atoms with E-state index in [-0.39, 0.29) is 5.75 Å². The second kappa shape index (κ2) is 10.1. The molecule has 0 aliphatic rings. The van der Waals surface area contributed by atoms with E-state index >= 15 is 0 Å². The number of carbonyl (C=O) groups excluding carboxylic acids is 2. The van der Waals surface area contributed by atoms with Crippen molar-refractivity contribution in [1.29, 1.82) is 0 Å². The fourth-order valence-corrected chi connectivity index (χ4v) is 3.22. The average Bonchev–Trinajstić information content (AvgIpc) is 2.63. The van der Waals surface area contributed by atoms with Gasteiger partial charge in [0.05, 0.1) is 18.6 Å². The first-order valence-electron chi connectivity index (χ1n) is 7.95. The molecule has 0 aliphatic carbocycles. The lowest BCUT2D eigenvalue weighted by atomic mass is 10.2. The predicted molar refractivity (Wildman–Crippen MR) is 105 cm³/mol. The molecule has 26 heavy (non-hydrogen) atoms. The summed E-state index contributed by atoms with van der Waals surface area (Å²) in [7, 11) is 1.52. The minimum Gasteiger partial charge on any atom is -0.495 e. The van der Waals surface area contributed by atoms with E-state index in [0.717, 1.165) is 5.56 Å². The van der Waals surface area contributed by atoms with Gasteiger partial charge in [-0.15, -0.1) is 11.8 Å². The van der Waals surface area contributed by atoms with Crippen LogP contribution in [0.4, 0.5) is 5.69 Å². The number of esters is 1. The van der Waals surface area contributed by atoms with Gasteiger partial charge in [-0.3, -0.25) is 9.59 Å². The first-order chi connectivity index (χ1) is 12.5. The van der Waals surface area contributed by atoms with E-state index in [1.165, 1.54) is 25.8 Å². The number of hydrogen-bond donors (Lipinski definition) is 1. The molecule has 7 heteroatoms. The maximum Gasteiger partial charge on any atom is 0.316 e. The van der Waals surface area contributed by atoms with Gasteiger partial charge in [0.1, 0.15) is 5.75 Å². The first kappa shape index (κ1) is 20.1. The van der Waals surface area contributed by atoms with E-state index in [1.54, 1.807) is 30.3 Å². The standard InChI is InChI=1S/C19H20ClNO4S/c1-13(19(23)21-16-9-5-6-10-17(16)24-2)25-18(22)12-26-11-14-7-3-4-8-15(14)20/h3-10,13H,11-12H2,1-2H3,(H,21,23)/t13-/m0/s1. The Morgan fingerprint density at radius 2 is 1.85 bits per heavy atom. The highest BCUT2D eigenvalue weighted by Crippen LogP contribution is 2.23. The van der Waals surface area contributed by atoms with Crippen molar-refractivity contribution >= 4 is 40.9 Å². The van der Waals surface area contributed by atoms with Crippen LogP contribution in [-0.2, 0) is 20.1 Å². The van der Waals surface area contributed by atoms with E-state index in [4.69, 9.17) is 21.1 Å². The highest BCUT2D eigenvalue weighted by molar-refractivity contribution is 7.99. The molecule has 0 aromatic heterocycles. The zero-order chi connectivity index (χ0) is 18.9. The van der Waals surface area contributed by atoms with Crippen LogP contribution in [-0.4, -0.2) is 30.8 Å². The van der Waals surface area contributed by atoms with Crippen LogP contribution in [0, 0.1) is 0 Å². The second-order valence-corrected chi connectivity index (χ2v) is 6.80. The molecule has 0 bridgehead atoms. The summed E-state index contributed by atoms with van der Waals surface area (Å²) in [4.78, 5) is 24.1. The molecule has 0 unspecified atom stereocenters. The number of hydrogen-bond acceptors (Lipinski definition) is 5. The van der Waals surface area contributed by atoms with Gasteiger partial charge in [0.2, 0.25) is 0 Å². The third-order valence-corrected chi connectivity index (χ3v) is 4.80. The number of methoxy groups -OCH3 is 1. The Hall–Kier alpha value is -2.18. The van der Waals surface area contributed by atoms with Gasteiger partial charge in [-0.2, -0.15) is 0 Å². The van der Waals surface area contributed by atoms with Crippen molar-refractivity contribution < 1.29 is 19.1 Å². The van der Waals surface area contributed by atoms with E-state index in [0.29, 0.717) is 22.2 Å². The molecule has 1 N–H and O–H groups in total. The maximum absolute atomic E-state index is 12.2. The Balaban J connectivity index is 1.79. The van der Waals surface area contributed by atoms with Crippen molar-refractivity contribution in [2.45, 2.75) is 18.8 Å². The van der Waals surface area contributed by atoms with Gasteiger partial charge in [0, 0.05) is 10.8 Å². The SMILES string of the molecule is COc1ccccc1NC(=O)[C@H](C)OC(=O)CSCc1ccccc1Cl. The Morgan fingerprint density at radius 3 is 2.58 bits per heavy atom. The highest BCUT2D eigenvalue weighted by Gasteiger charge is 2.19. The molecule has 0 fully saturated rings. The molecule has 138 valence electrons. The van der Waals surface area contributed by atoms with Gasteiger partial charge in [0.15, 0.2) is 6.10 Å². The first-order valence-corrected chi connectivity index (χ1v) is 9.49. The molecule has 0 saturated heterocycles. The minimum atomic E-state index is -0.909. The van der Waals surface area contributed by atoms with Crippen molar-refractivity contribution in [3.63, 3.8) is 0 Å². The Kier molecular flexibility index (Phi) is 7.81. The molecule has 0 aliphatic heterocycles. The molecule has 0 radical (unpaired) electrons. The lowest BCUT2D eigenvalue weighted by Crippen LogP contribution is -2.30. The summed E-state index contributed by atoms with van der Waals surface area (Å²) in [6.45, 7) is 1.53. The van der Waals surface area contributed by atoms with Gasteiger partial charge in [0.25, 0.3) is 5.91 Å². The lowest BCUT2D eigenvalue weighted by Gasteiger charge is -2.15. The number of nitrogens with one attached hydrogen (secondary N) is 1. The number of rotatable bonds is 8. The number of para-hydroxylation sites is 2. The normalized spacial score (nSPS) is 11.5. The van der Waals surface area contributed by atoms with Crippen LogP contribution in [0.25, 0.3) is 0 Å². The summed E-state index contributed by atoms with van der Waals surface area (Å²) in [6, 6.07) is 14.5. The molecule has 1 atom stereocenters. The van der Waals surface area contributed by atoms with Crippen LogP contribution in [0.15, 0.2) is 48.5 Å². The van der Waals surface area contributed by atoms with Crippen molar-refractivity contribution in [2.75, 3.05) is 18.2 Å². The highest BCUT2D eigenvalue weighted by atomic mass is 35.5. The van der Waals surface area contributed by atoms with Gasteiger partial charge in [-0.05, 0) is 30.7 Å². The van der Waals surface area contributed by atoms with Crippen LogP contribution in [0.2, 0.25) is 5.02 Å². The topological polar surface area (TPSA) is 64.6 Å². The number of ether oxygens (including phenoxy) is 2. The van der Waals surface area contributed by atoms with Crippen molar-refractivity contribution in [1.82, 2.24) is 0 Å². The molecule has 2 aromatic carbocycles. The molecule has 1 amide bonds. The number of benzene rings is 2. The summed E-state index contributed by atoms with van der Waals surface area (Å²) in [5.41, 5.74) is 1.48. The summed E-state index contributed by atoms with van der Waals surface area (Å²) < 4.78 is 10.4. The number of thioether (sulfide) groups is 1. The van der Waals surface area contributed by atoms with Crippen molar-refractivity contribution in [3.05, 3.63) is 59.1 Å². The molecule has 0 saturated carbocycles. The van der Waals surface area contributed by atoms with Crippen molar-refractivity contribution in [3.8, 4) is 5.75 Å². The molecule has 5 nitrogen and oxygen atoms in total. The van der Waals surface area contributed by atoms with E-state index in [2.05, 4.69) is 5.32 Å². The van der Waals surface area contributed by atoms with Gasteiger partial charge >= 0.3 is 5.97 Å². The lowest BCUT2D eigenvalue weighted by molar-refractivity contribution is -0.150. The molecular weight excluding hydrogens is 374 g/mol. The van der Waals surface area contributed by atoms with E-state index < -0.39 is 18.0 Å². The van der Waals surface area contributed by atoms with Crippen LogP contribution < -0.4 is 10.1 Å². The smallest absolute Gasteiger partial charge is 0.316 e. The largest absolute Gasteiger partial charge is 0.495 e. The molecular formula is C19H20ClNO4S. The number of halogens is 1. The van der Waals surface area contributed by atoms with Gasteiger partial charge in [-0.1, -0.05) is 41.9 Å². The van der Waals surface area contributed by atoms with Crippen molar-refractivity contribution in [2.24, 2.45) is 0 Å². The van der Waals surface area contributed by atoms with Crippen LogP contribution in [0.1, 0.15) is 12.5 Å². The molecule has 2 rings (SSSR count). The maximum atomic E-state index is 12.2. The minimum absolute atomic E-state index is 0.136. The second-order valence-electron chi connectivity index (χ2n) is 5.41. The van der Waals surface area contributed by atoms with Crippen LogP contribution >= 0.6 is 23.4 Å². The summed E-state index contributed by atoms with van der Waals surface area (Å²) in [5, 5.41) is 3.36. The number of anilines is 1. The third-order valence-electron chi connectivity index (χ3n) is 3.48. The van der Waals surface area contributed by atoms with Gasteiger partial charge in [-0.25, -0.2) is 0 Å². The monoisotopic (exact) mass is 393 g/mol. The fourth-order valence-electron chi connectivity index (χ4n) is 2.13. The zero-order valence-corrected chi connectivity index (χ0v) is 16.1. The Morgan fingerprint density at radius 1 is 1.15 bits per heavy atom. The third kappa shape index (κ3) is 5.97. The Labute approximate surface area is 162 Å². The van der Waals surface area contributed by atoms with E-state index in [9.17, 15) is 9.59 Å². The zero-order valence-electron chi connectivity index (χ0n) is 14.5. The number of amides is 1. The summed E-state index contributed by atoms with van der Waals surface area (Å²) in [5.74, 6) is 0.395. The van der Waals surface area contributed by atoms with Crippen LogP contribution in [0.5, 0.6) is 5.75 Å². The average molecular weight is 394 g/mol. The molecule has 0 spiro atoms. The number of carbonyl (C=O) groups is 2. The van der Waals surface area contributed by atoms with Gasteiger partial charge < -0.3 is 14.8 Å². The molecule has 2 aromatic rings. The summed E-state index contributed by atoms with van der Waals surface area (Å²) >= 11 is 7.46. The van der Waals surface area contributed by atoms with Crippen LogP contribution in [0.3, 0.4) is 0 Å². The Bertz CT molecular complexity index is 769. The quantitative estimate of drug-likeness (QED) is 0.682. The fraction of sp³-hybridized carbons (Fsp3) is 0.263. The van der Waals surface area contributed by atoms with E-state index in [1.807, 2.05) is 18.2 Å².